The minimum atomic E-state index is -4.15. The van der Waals surface area contributed by atoms with Crippen LogP contribution in [0.3, 0.4) is 0 Å². The lowest BCUT2D eigenvalue weighted by atomic mass is 10.1. The number of amides is 1. The Morgan fingerprint density at radius 2 is 1.97 bits per heavy atom. The van der Waals surface area contributed by atoms with E-state index in [1.165, 1.54) is 11.2 Å². The van der Waals surface area contributed by atoms with Gasteiger partial charge in [0.05, 0.1) is 12.8 Å². The number of furan rings is 1. The van der Waals surface area contributed by atoms with Crippen LogP contribution >= 0.6 is 0 Å². The molecule has 2 aliphatic rings. The maximum Gasteiger partial charge on any atom is 0.401 e. The van der Waals surface area contributed by atoms with Crippen LogP contribution in [0.4, 0.5) is 13.2 Å². The van der Waals surface area contributed by atoms with Crippen molar-refractivity contribution in [3.8, 4) is 0 Å². The Labute approximate surface area is 168 Å². The highest BCUT2D eigenvalue weighted by atomic mass is 19.4. The molecule has 29 heavy (non-hydrogen) atoms. The van der Waals surface area contributed by atoms with Crippen molar-refractivity contribution in [1.29, 1.82) is 0 Å². The summed E-state index contributed by atoms with van der Waals surface area (Å²) < 4.78 is 42.8. The Kier molecular flexibility index (Phi) is 7.05. The predicted molar refractivity (Wildman–Crippen MR) is 103 cm³/mol. The van der Waals surface area contributed by atoms with Crippen molar-refractivity contribution in [1.82, 2.24) is 20.0 Å². The standard InChI is InChI=1S/C19H28F3N5O2/c1-2-23-18(24-12-15-5-6-25(13-15)14-19(20,21)22)27-9-7-26(8-10-27)17(28)16-4-3-11-29-16/h3-4,11,15H,2,5-10,12-14H2,1H3,(H,23,24). The van der Waals surface area contributed by atoms with Gasteiger partial charge in [-0.15, -0.1) is 0 Å². The van der Waals surface area contributed by atoms with E-state index in [4.69, 9.17) is 4.42 Å². The molecule has 3 heterocycles. The predicted octanol–water partition coefficient (Wildman–Crippen LogP) is 1.89. The quantitative estimate of drug-likeness (QED) is 0.588. The van der Waals surface area contributed by atoms with Gasteiger partial charge in [0.25, 0.3) is 5.91 Å². The van der Waals surface area contributed by atoms with Crippen molar-refractivity contribution >= 4 is 11.9 Å². The first-order chi connectivity index (χ1) is 13.9. The van der Waals surface area contributed by atoms with Crippen LogP contribution in [0.5, 0.6) is 0 Å². The summed E-state index contributed by atoms with van der Waals surface area (Å²) in [6.45, 7) is 5.63. The van der Waals surface area contributed by atoms with Gasteiger partial charge in [-0.25, -0.2) is 0 Å². The molecule has 162 valence electrons. The first-order valence-electron chi connectivity index (χ1n) is 10.0. The molecule has 0 aliphatic carbocycles. The second-order valence-electron chi connectivity index (χ2n) is 7.46. The molecule has 0 aromatic carbocycles. The van der Waals surface area contributed by atoms with E-state index < -0.39 is 12.7 Å². The third kappa shape index (κ3) is 6.12. The molecule has 7 nitrogen and oxygen atoms in total. The van der Waals surface area contributed by atoms with Crippen LogP contribution in [0.15, 0.2) is 27.8 Å². The molecule has 1 amide bonds. The Balaban J connectivity index is 1.50. The molecule has 0 radical (unpaired) electrons. The monoisotopic (exact) mass is 415 g/mol. The zero-order valence-electron chi connectivity index (χ0n) is 16.6. The van der Waals surface area contributed by atoms with Crippen LogP contribution in [-0.4, -0.2) is 91.6 Å². The molecular weight excluding hydrogens is 387 g/mol. The largest absolute Gasteiger partial charge is 0.459 e. The fraction of sp³-hybridized carbons (Fsp3) is 0.684. The van der Waals surface area contributed by atoms with Gasteiger partial charge in [-0.3, -0.25) is 14.7 Å². The first-order valence-corrected chi connectivity index (χ1v) is 10.0. The number of carbonyl (C=O) groups is 1. The number of likely N-dealkylation sites (tertiary alicyclic amines) is 1. The molecule has 1 unspecified atom stereocenters. The van der Waals surface area contributed by atoms with Gasteiger partial charge in [0.2, 0.25) is 0 Å². The van der Waals surface area contributed by atoms with E-state index in [-0.39, 0.29) is 11.8 Å². The molecule has 0 saturated carbocycles. The Morgan fingerprint density at radius 3 is 2.59 bits per heavy atom. The van der Waals surface area contributed by atoms with Gasteiger partial charge in [0.15, 0.2) is 11.7 Å². The van der Waals surface area contributed by atoms with Crippen molar-refractivity contribution < 1.29 is 22.4 Å². The summed E-state index contributed by atoms with van der Waals surface area (Å²) in [6, 6.07) is 3.35. The van der Waals surface area contributed by atoms with E-state index in [1.807, 2.05) is 6.92 Å². The minimum Gasteiger partial charge on any atom is -0.459 e. The van der Waals surface area contributed by atoms with Crippen molar-refractivity contribution in [2.75, 3.05) is 58.9 Å². The summed E-state index contributed by atoms with van der Waals surface area (Å²) >= 11 is 0. The number of rotatable bonds is 5. The number of aliphatic imine (C=N–C) groups is 1. The molecule has 3 rings (SSSR count). The van der Waals surface area contributed by atoms with Crippen LogP contribution in [0.2, 0.25) is 0 Å². The van der Waals surface area contributed by atoms with Crippen LogP contribution in [0, 0.1) is 5.92 Å². The summed E-state index contributed by atoms with van der Waals surface area (Å²) in [5.74, 6) is 1.11. The minimum absolute atomic E-state index is 0.118. The number of guanidine groups is 1. The highest BCUT2D eigenvalue weighted by molar-refractivity contribution is 5.91. The first kappa shape index (κ1) is 21.5. The highest BCUT2D eigenvalue weighted by Crippen LogP contribution is 2.23. The zero-order valence-corrected chi connectivity index (χ0v) is 16.6. The maximum atomic E-state index is 12.6. The average Bonchev–Trinajstić information content (AvgIpc) is 3.35. The number of hydrogen-bond acceptors (Lipinski definition) is 4. The van der Waals surface area contributed by atoms with Gasteiger partial charge in [-0.1, -0.05) is 0 Å². The van der Waals surface area contributed by atoms with Gasteiger partial charge < -0.3 is 19.5 Å². The lowest BCUT2D eigenvalue weighted by Gasteiger charge is -2.36. The van der Waals surface area contributed by atoms with Gasteiger partial charge >= 0.3 is 6.18 Å². The van der Waals surface area contributed by atoms with Gasteiger partial charge in [0, 0.05) is 45.8 Å². The smallest absolute Gasteiger partial charge is 0.401 e. The van der Waals surface area contributed by atoms with Crippen molar-refractivity contribution in [2.24, 2.45) is 10.9 Å². The fourth-order valence-electron chi connectivity index (χ4n) is 3.78. The Bertz CT molecular complexity index is 685. The van der Waals surface area contributed by atoms with E-state index in [0.717, 1.165) is 12.4 Å². The number of hydrogen-bond donors (Lipinski definition) is 1. The summed E-state index contributed by atoms with van der Waals surface area (Å²) in [5.41, 5.74) is 0. The molecule has 1 aromatic heterocycles. The molecule has 2 aliphatic heterocycles. The third-order valence-corrected chi connectivity index (χ3v) is 5.21. The lowest BCUT2D eigenvalue weighted by Crippen LogP contribution is -2.53. The zero-order chi connectivity index (χ0) is 20.9. The lowest BCUT2D eigenvalue weighted by molar-refractivity contribution is -0.143. The molecule has 1 aromatic rings. The van der Waals surface area contributed by atoms with E-state index in [9.17, 15) is 18.0 Å². The van der Waals surface area contributed by atoms with Gasteiger partial charge in [0.1, 0.15) is 0 Å². The SMILES string of the molecule is CCNC(=NCC1CCN(CC(F)(F)F)C1)N1CCN(C(=O)c2ccco2)CC1. The van der Waals surface area contributed by atoms with Crippen molar-refractivity contribution in [3.05, 3.63) is 24.2 Å². The molecule has 1 N–H and O–H groups in total. The van der Waals surface area contributed by atoms with E-state index in [2.05, 4.69) is 15.2 Å². The third-order valence-electron chi connectivity index (χ3n) is 5.21. The average molecular weight is 415 g/mol. The maximum absolute atomic E-state index is 12.6. The molecule has 0 bridgehead atoms. The van der Waals surface area contributed by atoms with E-state index in [1.54, 1.807) is 17.0 Å². The number of nitrogens with one attached hydrogen (secondary N) is 1. The van der Waals surface area contributed by atoms with Gasteiger partial charge in [-0.05, 0) is 37.9 Å². The van der Waals surface area contributed by atoms with Crippen molar-refractivity contribution in [3.63, 3.8) is 0 Å². The number of piperazine rings is 1. The molecule has 10 heteroatoms. The topological polar surface area (TPSA) is 64.3 Å². The summed E-state index contributed by atoms with van der Waals surface area (Å²) in [7, 11) is 0. The Morgan fingerprint density at radius 1 is 1.24 bits per heavy atom. The molecule has 0 spiro atoms. The van der Waals surface area contributed by atoms with Crippen molar-refractivity contribution in [2.45, 2.75) is 19.5 Å². The van der Waals surface area contributed by atoms with Gasteiger partial charge in [-0.2, -0.15) is 13.2 Å². The number of carbonyl (C=O) groups excluding carboxylic acids is 1. The molecule has 1 atom stereocenters. The highest BCUT2D eigenvalue weighted by Gasteiger charge is 2.34. The van der Waals surface area contributed by atoms with E-state index in [0.29, 0.717) is 58.1 Å². The summed E-state index contributed by atoms with van der Waals surface area (Å²) in [5, 5.41) is 3.26. The number of alkyl halides is 3. The fourth-order valence-corrected chi connectivity index (χ4v) is 3.78. The number of nitrogens with zero attached hydrogens (tertiary/aromatic N) is 4. The second-order valence-corrected chi connectivity index (χ2v) is 7.46. The number of halogens is 3. The Hall–Kier alpha value is -2.23. The van der Waals surface area contributed by atoms with Crippen LogP contribution in [0.25, 0.3) is 0 Å². The normalized spacial score (nSPS) is 21.7. The van der Waals surface area contributed by atoms with Crippen LogP contribution < -0.4 is 5.32 Å². The molecular formula is C19H28F3N5O2. The second kappa shape index (κ2) is 9.51. The van der Waals surface area contributed by atoms with Crippen LogP contribution in [0.1, 0.15) is 23.9 Å². The van der Waals surface area contributed by atoms with Crippen LogP contribution in [-0.2, 0) is 0 Å². The van der Waals surface area contributed by atoms with E-state index >= 15 is 0 Å². The summed E-state index contributed by atoms with van der Waals surface area (Å²) in [6.07, 6.45) is -1.94. The molecule has 2 saturated heterocycles. The summed E-state index contributed by atoms with van der Waals surface area (Å²) in [4.78, 5) is 22.3. The molecule has 2 fully saturated rings.